The van der Waals surface area contributed by atoms with Gasteiger partial charge >= 0.3 is 12.1 Å². The van der Waals surface area contributed by atoms with Gasteiger partial charge < -0.3 is 5.11 Å². The number of fused-ring (bicyclic) bond motifs is 2. The van der Waals surface area contributed by atoms with Crippen LogP contribution in [0.15, 0.2) is 11.1 Å². The summed E-state index contributed by atoms with van der Waals surface area (Å²) in [5.74, 6) is -2.79. The van der Waals surface area contributed by atoms with E-state index in [9.17, 15) is 18.0 Å². The number of aliphatic carboxylic acids is 1. The van der Waals surface area contributed by atoms with Crippen molar-refractivity contribution in [3.8, 4) is 0 Å². The first-order valence-corrected chi connectivity index (χ1v) is 5.19. The standard InChI is InChI=1S/C11H13F3O2/c1-5-6(2)8-3-7(5)4-10(8,9(15)16)11(12,13)14/h7-8H,3-4H2,1-2H3,(H,15,16). The van der Waals surface area contributed by atoms with Gasteiger partial charge in [0.25, 0.3) is 0 Å². The summed E-state index contributed by atoms with van der Waals surface area (Å²) in [6.45, 7) is 3.44. The van der Waals surface area contributed by atoms with E-state index in [0.29, 0.717) is 12.0 Å². The molecule has 0 aromatic heterocycles. The highest BCUT2D eigenvalue weighted by atomic mass is 19.4. The van der Waals surface area contributed by atoms with Crippen LogP contribution in [0.2, 0.25) is 0 Å². The van der Waals surface area contributed by atoms with Crippen LogP contribution in [0.5, 0.6) is 0 Å². The molecule has 0 aromatic rings. The van der Waals surface area contributed by atoms with Gasteiger partial charge in [0.2, 0.25) is 0 Å². The van der Waals surface area contributed by atoms with Gasteiger partial charge in [0, 0.05) is 5.92 Å². The highest BCUT2D eigenvalue weighted by Gasteiger charge is 2.70. The van der Waals surface area contributed by atoms with Gasteiger partial charge in [-0.2, -0.15) is 13.2 Å². The lowest BCUT2D eigenvalue weighted by Gasteiger charge is -2.36. The van der Waals surface area contributed by atoms with Gasteiger partial charge in [-0.05, 0) is 32.6 Å². The first-order valence-electron chi connectivity index (χ1n) is 5.19. The van der Waals surface area contributed by atoms with Crippen molar-refractivity contribution < 1.29 is 23.1 Å². The molecule has 1 saturated carbocycles. The van der Waals surface area contributed by atoms with Gasteiger partial charge in [0.15, 0.2) is 5.41 Å². The molecule has 1 fully saturated rings. The van der Waals surface area contributed by atoms with E-state index < -0.39 is 23.5 Å². The maximum Gasteiger partial charge on any atom is 0.405 e. The fourth-order valence-corrected chi connectivity index (χ4v) is 3.24. The molecule has 5 heteroatoms. The van der Waals surface area contributed by atoms with Gasteiger partial charge in [-0.25, -0.2) is 0 Å². The molecular formula is C11H13F3O2. The lowest BCUT2D eigenvalue weighted by atomic mass is 9.70. The van der Waals surface area contributed by atoms with E-state index in [2.05, 4.69) is 0 Å². The van der Waals surface area contributed by atoms with Crippen LogP contribution < -0.4 is 0 Å². The minimum atomic E-state index is -4.67. The zero-order chi connectivity index (χ0) is 12.3. The number of hydrogen-bond acceptors (Lipinski definition) is 1. The summed E-state index contributed by atoms with van der Waals surface area (Å²) in [4.78, 5) is 11.1. The molecule has 0 aliphatic heterocycles. The van der Waals surface area contributed by atoms with Gasteiger partial charge in [0.05, 0.1) is 0 Å². The Morgan fingerprint density at radius 1 is 1.38 bits per heavy atom. The third-order valence-corrected chi connectivity index (χ3v) is 4.33. The second-order valence-corrected chi connectivity index (χ2v) is 4.83. The molecule has 2 nitrogen and oxygen atoms in total. The van der Waals surface area contributed by atoms with Gasteiger partial charge in [-0.1, -0.05) is 11.1 Å². The fourth-order valence-electron chi connectivity index (χ4n) is 3.24. The van der Waals surface area contributed by atoms with E-state index in [-0.39, 0.29) is 12.3 Å². The Bertz CT molecular complexity index is 383. The number of rotatable bonds is 1. The summed E-state index contributed by atoms with van der Waals surface area (Å²) in [5.41, 5.74) is -0.969. The number of alkyl halides is 3. The third kappa shape index (κ3) is 1.11. The van der Waals surface area contributed by atoms with Gasteiger partial charge in [-0.15, -0.1) is 0 Å². The smallest absolute Gasteiger partial charge is 0.405 e. The molecular weight excluding hydrogens is 221 g/mol. The van der Waals surface area contributed by atoms with Crippen molar-refractivity contribution in [3.05, 3.63) is 11.1 Å². The van der Waals surface area contributed by atoms with Crippen molar-refractivity contribution in [1.82, 2.24) is 0 Å². The van der Waals surface area contributed by atoms with Crippen molar-refractivity contribution in [2.75, 3.05) is 0 Å². The number of hydrogen-bond donors (Lipinski definition) is 1. The first kappa shape index (κ1) is 11.5. The normalized spacial score (nSPS) is 38.3. The van der Waals surface area contributed by atoms with Crippen LogP contribution >= 0.6 is 0 Å². The second-order valence-electron chi connectivity index (χ2n) is 4.83. The largest absolute Gasteiger partial charge is 0.481 e. The third-order valence-electron chi connectivity index (χ3n) is 4.33. The highest BCUT2D eigenvalue weighted by molar-refractivity contribution is 5.78. The molecule has 0 radical (unpaired) electrons. The zero-order valence-electron chi connectivity index (χ0n) is 9.06. The predicted molar refractivity (Wildman–Crippen MR) is 50.7 cm³/mol. The van der Waals surface area contributed by atoms with Crippen LogP contribution in [-0.4, -0.2) is 17.3 Å². The van der Waals surface area contributed by atoms with Crippen LogP contribution in [0, 0.1) is 17.3 Å². The molecule has 1 N–H and O–H groups in total. The molecule has 0 amide bonds. The minimum absolute atomic E-state index is 0.206. The van der Waals surface area contributed by atoms with Crippen molar-refractivity contribution in [3.63, 3.8) is 0 Å². The van der Waals surface area contributed by atoms with E-state index in [4.69, 9.17) is 5.11 Å². The molecule has 0 heterocycles. The Labute approximate surface area is 91.1 Å². The molecule has 2 aliphatic carbocycles. The van der Waals surface area contributed by atoms with E-state index in [0.717, 1.165) is 5.57 Å². The molecule has 0 saturated heterocycles. The summed E-state index contributed by atoms with van der Waals surface area (Å²) in [6.07, 6.45) is -4.62. The predicted octanol–water partition coefficient (Wildman–Crippen LogP) is 3.00. The summed E-state index contributed by atoms with van der Waals surface area (Å²) >= 11 is 0. The molecule has 3 unspecified atom stereocenters. The summed E-state index contributed by atoms with van der Waals surface area (Å²) in [6, 6.07) is 0. The zero-order valence-corrected chi connectivity index (χ0v) is 9.06. The SMILES string of the molecule is CC1=C(C)C2CC1CC2(C(=O)O)C(F)(F)F. The minimum Gasteiger partial charge on any atom is -0.481 e. The Morgan fingerprint density at radius 2 is 1.94 bits per heavy atom. The lowest BCUT2D eigenvalue weighted by Crippen LogP contribution is -2.49. The Hall–Kier alpha value is -1.00. The highest BCUT2D eigenvalue weighted by Crippen LogP contribution is 2.64. The van der Waals surface area contributed by atoms with Crippen molar-refractivity contribution in [2.45, 2.75) is 32.9 Å². The number of carboxylic acids is 1. The molecule has 0 spiro atoms. The van der Waals surface area contributed by atoms with E-state index in [1.54, 1.807) is 6.92 Å². The van der Waals surface area contributed by atoms with E-state index in [1.165, 1.54) is 0 Å². The summed E-state index contributed by atoms with van der Waals surface area (Å²) in [7, 11) is 0. The second kappa shape index (κ2) is 3.02. The van der Waals surface area contributed by atoms with Crippen LogP contribution in [0.1, 0.15) is 26.7 Å². The van der Waals surface area contributed by atoms with Crippen molar-refractivity contribution in [2.24, 2.45) is 17.3 Å². The summed E-state index contributed by atoms with van der Waals surface area (Å²) < 4.78 is 39.1. The molecule has 2 rings (SSSR count). The number of carboxylic acid groups (broad SMARTS) is 1. The topological polar surface area (TPSA) is 37.3 Å². The lowest BCUT2D eigenvalue weighted by molar-refractivity contribution is -0.239. The number of carbonyl (C=O) groups is 1. The molecule has 0 aromatic carbocycles. The molecule has 16 heavy (non-hydrogen) atoms. The van der Waals surface area contributed by atoms with E-state index >= 15 is 0 Å². The van der Waals surface area contributed by atoms with Crippen molar-refractivity contribution >= 4 is 5.97 Å². The molecule has 2 bridgehead atoms. The molecule has 2 aliphatic rings. The van der Waals surface area contributed by atoms with E-state index in [1.807, 2.05) is 6.92 Å². The number of allylic oxidation sites excluding steroid dienone is 2. The Kier molecular flexibility index (Phi) is 2.17. The fraction of sp³-hybridized carbons (Fsp3) is 0.727. The van der Waals surface area contributed by atoms with Crippen LogP contribution in [0.3, 0.4) is 0 Å². The quantitative estimate of drug-likeness (QED) is 0.708. The van der Waals surface area contributed by atoms with Gasteiger partial charge in [0.1, 0.15) is 0 Å². The maximum absolute atomic E-state index is 13.0. The maximum atomic E-state index is 13.0. The van der Waals surface area contributed by atoms with Crippen LogP contribution in [0.4, 0.5) is 13.2 Å². The average molecular weight is 234 g/mol. The van der Waals surface area contributed by atoms with Crippen molar-refractivity contribution in [1.29, 1.82) is 0 Å². The van der Waals surface area contributed by atoms with Gasteiger partial charge in [-0.3, -0.25) is 4.79 Å². The first-order chi connectivity index (χ1) is 7.22. The average Bonchev–Trinajstić information content (AvgIpc) is 2.64. The van der Waals surface area contributed by atoms with Crippen LogP contribution in [-0.2, 0) is 4.79 Å². The monoisotopic (exact) mass is 234 g/mol. The Balaban J connectivity index is 2.52. The van der Waals surface area contributed by atoms with Crippen LogP contribution in [0.25, 0.3) is 0 Å². The molecule has 90 valence electrons. The summed E-state index contributed by atoms with van der Waals surface area (Å²) in [5, 5.41) is 8.98. The Morgan fingerprint density at radius 3 is 2.25 bits per heavy atom. The number of halogens is 3. The molecule has 3 atom stereocenters.